The molecule has 0 saturated heterocycles. The molecule has 0 spiro atoms. The summed E-state index contributed by atoms with van der Waals surface area (Å²) < 4.78 is 40.5. The van der Waals surface area contributed by atoms with Crippen LogP contribution >= 0.6 is 0 Å². The Bertz CT molecular complexity index is 828. The summed E-state index contributed by atoms with van der Waals surface area (Å²) in [7, 11) is 0. The van der Waals surface area contributed by atoms with Crippen LogP contribution in [0.5, 0.6) is 11.5 Å². The van der Waals surface area contributed by atoms with Crippen molar-refractivity contribution >= 4 is 0 Å². The molecule has 4 rings (SSSR count). The molecule has 1 aliphatic carbocycles. The van der Waals surface area contributed by atoms with Crippen molar-refractivity contribution in [2.45, 2.75) is 45.3 Å². The highest BCUT2D eigenvalue weighted by molar-refractivity contribution is 5.77. The molecule has 1 unspecified atom stereocenters. The van der Waals surface area contributed by atoms with Gasteiger partial charge in [0.2, 0.25) is 5.82 Å². The average molecular weight is 360 g/mol. The van der Waals surface area contributed by atoms with Crippen molar-refractivity contribution in [2.24, 2.45) is 5.92 Å². The Morgan fingerprint density at radius 1 is 1.12 bits per heavy atom. The Labute approximate surface area is 151 Å². The molecule has 5 heteroatoms. The molecule has 0 amide bonds. The highest BCUT2D eigenvalue weighted by Crippen LogP contribution is 2.45. The summed E-state index contributed by atoms with van der Waals surface area (Å²) in [4.78, 5) is 0. The lowest BCUT2D eigenvalue weighted by Crippen LogP contribution is -2.15. The van der Waals surface area contributed by atoms with Crippen LogP contribution in [-0.2, 0) is 6.61 Å². The van der Waals surface area contributed by atoms with E-state index < -0.39 is 17.7 Å². The smallest absolute Gasteiger partial charge is 0.207 e. The maximum Gasteiger partial charge on any atom is 0.207 e. The summed E-state index contributed by atoms with van der Waals surface area (Å²) in [5.41, 5.74) is 1.80. The minimum atomic E-state index is -0.804. The van der Waals surface area contributed by atoms with E-state index in [4.69, 9.17) is 9.47 Å². The van der Waals surface area contributed by atoms with Crippen LogP contribution in [0.3, 0.4) is 0 Å². The third kappa shape index (κ3) is 2.75. The number of hydrogen-bond acceptors (Lipinski definition) is 3. The fraction of sp³-hybridized carbons (Fsp3) is 0.429. The van der Waals surface area contributed by atoms with Crippen LogP contribution in [0.15, 0.2) is 24.3 Å². The summed E-state index contributed by atoms with van der Waals surface area (Å²) in [5, 5.41) is 10.6. The molecule has 138 valence electrons. The molecule has 2 aromatic rings. The summed E-state index contributed by atoms with van der Waals surface area (Å²) >= 11 is 0. The van der Waals surface area contributed by atoms with Gasteiger partial charge in [-0.2, -0.15) is 4.39 Å². The minimum Gasteiger partial charge on any atom is -0.491 e. The Balaban J connectivity index is 1.74. The average Bonchev–Trinajstić information content (AvgIpc) is 3.18. The zero-order valence-corrected chi connectivity index (χ0v) is 14.7. The van der Waals surface area contributed by atoms with Crippen LogP contribution in [0.2, 0.25) is 0 Å². The van der Waals surface area contributed by atoms with E-state index >= 15 is 4.39 Å². The summed E-state index contributed by atoms with van der Waals surface area (Å²) in [6, 6.07) is 6.61. The Morgan fingerprint density at radius 3 is 2.58 bits per heavy atom. The lowest BCUT2D eigenvalue weighted by atomic mass is 9.89. The van der Waals surface area contributed by atoms with Crippen LogP contribution < -0.4 is 9.47 Å². The quantitative estimate of drug-likeness (QED) is 0.820. The molecule has 26 heavy (non-hydrogen) atoms. The predicted molar refractivity (Wildman–Crippen MR) is 94.2 cm³/mol. The van der Waals surface area contributed by atoms with Crippen LogP contribution in [0.4, 0.5) is 8.78 Å². The third-order valence-electron chi connectivity index (χ3n) is 5.45. The van der Waals surface area contributed by atoms with Gasteiger partial charge >= 0.3 is 0 Å². The van der Waals surface area contributed by atoms with E-state index in [-0.39, 0.29) is 24.0 Å². The van der Waals surface area contributed by atoms with E-state index in [2.05, 4.69) is 0 Å². The van der Waals surface area contributed by atoms with Crippen LogP contribution in [0, 0.1) is 17.6 Å². The Morgan fingerprint density at radius 2 is 1.85 bits per heavy atom. The molecular weight excluding hydrogens is 338 g/mol. The largest absolute Gasteiger partial charge is 0.491 e. The van der Waals surface area contributed by atoms with Crippen LogP contribution in [0.25, 0.3) is 11.1 Å². The number of halogens is 2. The van der Waals surface area contributed by atoms with Gasteiger partial charge in [-0.3, -0.25) is 0 Å². The van der Waals surface area contributed by atoms with Crippen LogP contribution in [-0.4, -0.2) is 11.7 Å². The first kappa shape index (κ1) is 17.3. The van der Waals surface area contributed by atoms with E-state index in [9.17, 15) is 9.50 Å². The van der Waals surface area contributed by atoms with E-state index in [1.165, 1.54) is 6.07 Å². The van der Waals surface area contributed by atoms with Crippen molar-refractivity contribution in [3.8, 4) is 22.6 Å². The van der Waals surface area contributed by atoms with Crippen molar-refractivity contribution in [3.63, 3.8) is 0 Å². The number of hydrogen-bond donors (Lipinski definition) is 1. The fourth-order valence-corrected chi connectivity index (χ4v) is 4.09. The molecule has 0 bridgehead atoms. The number of benzene rings is 2. The van der Waals surface area contributed by atoms with Gasteiger partial charge in [0.25, 0.3) is 0 Å². The molecule has 1 N–H and O–H groups in total. The van der Waals surface area contributed by atoms with Gasteiger partial charge < -0.3 is 14.6 Å². The van der Waals surface area contributed by atoms with Gasteiger partial charge in [0, 0.05) is 16.7 Å². The van der Waals surface area contributed by atoms with E-state index in [0.717, 1.165) is 25.7 Å². The molecule has 1 heterocycles. The highest BCUT2D eigenvalue weighted by atomic mass is 19.1. The zero-order valence-electron chi connectivity index (χ0n) is 14.7. The lowest BCUT2D eigenvalue weighted by molar-refractivity contribution is 0.107. The lowest BCUT2D eigenvalue weighted by Gasteiger charge is -2.25. The third-order valence-corrected chi connectivity index (χ3v) is 5.45. The first-order valence-corrected chi connectivity index (χ1v) is 9.19. The number of aliphatic hydroxyl groups is 1. The van der Waals surface area contributed by atoms with E-state index in [1.807, 2.05) is 0 Å². The first-order valence-electron chi connectivity index (χ1n) is 9.19. The fourth-order valence-electron chi connectivity index (χ4n) is 4.09. The maximum atomic E-state index is 15.1. The monoisotopic (exact) mass is 360 g/mol. The number of rotatable bonds is 4. The molecule has 3 nitrogen and oxygen atoms in total. The van der Waals surface area contributed by atoms with Gasteiger partial charge in [-0.15, -0.1) is 0 Å². The SMILES string of the molecule is CCOc1ccc2c(c1F)OCc1c-2ccc(C(O)C2CCCC2)c1F. The summed E-state index contributed by atoms with van der Waals surface area (Å²) in [6.45, 7) is 2.07. The van der Waals surface area contributed by atoms with Crippen LogP contribution in [0.1, 0.15) is 49.8 Å². The molecule has 0 aromatic heterocycles. The molecule has 1 aliphatic heterocycles. The first-order chi connectivity index (χ1) is 12.6. The Kier molecular flexibility index (Phi) is 4.57. The topological polar surface area (TPSA) is 38.7 Å². The zero-order chi connectivity index (χ0) is 18.3. The molecule has 1 saturated carbocycles. The second kappa shape index (κ2) is 6.88. The molecule has 0 radical (unpaired) electrons. The van der Waals surface area contributed by atoms with Gasteiger partial charge in [0.1, 0.15) is 12.4 Å². The van der Waals surface area contributed by atoms with Gasteiger partial charge in [0.05, 0.1) is 12.7 Å². The van der Waals surface area contributed by atoms with E-state index in [0.29, 0.717) is 28.9 Å². The van der Waals surface area contributed by atoms with Crippen molar-refractivity contribution in [1.82, 2.24) is 0 Å². The molecule has 2 aliphatic rings. The van der Waals surface area contributed by atoms with Crippen molar-refractivity contribution < 1.29 is 23.4 Å². The Hall–Kier alpha value is -2.14. The summed E-state index contributed by atoms with van der Waals surface area (Å²) in [6.07, 6.45) is 3.19. The molecule has 1 fully saturated rings. The van der Waals surface area contributed by atoms with Gasteiger partial charge in [-0.25, -0.2) is 4.39 Å². The number of aliphatic hydroxyl groups excluding tert-OH is 1. The predicted octanol–water partition coefficient (Wildman–Crippen LogP) is 5.15. The normalized spacial score (nSPS) is 17.4. The van der Waals surface area contributed by atoms with Crippen molar-refractivity contribution in [1.29, 1.82) is 0 Å². The number of ether oxygens (including phenoxy) is 2. The second-order valence-electron chi connectivity index (χ2n) is 6.96. The van der Waals surface area contributed by atoms with Crippen molar-refractivity contribution in [2.75, 3.05) is 6.61 Å². The molecular formula is C21H22F2O3. The van der Waals surface area contributed by atoms with Crippen molar-refractivity contribution in [3.05, 3.63) is 47.0 Å². The number of fused-ring (bicyclic) bond motifs is 3. The standard InChI is InChI=1S/C21H22F2O3/c1-2-25-17-10-9-14-13-7-8-15(20(24)12-5-3-4-6-12)18(22)16(13)11-26-21(14)19(17)23/h7-10,12,20,24H,2-6,11H2,1H3. The molecule has 1 atom stereocenters. The van der Waals surface area contributed by atoms with E-state index in [1.54, 1.807) is 25.1 Å². The second-order valence-corrected chi connectivity index (χ2v) is 6.96. The van der Waals surface area contributed by atoms with Gasteiger partial charge in [-0.05, 0) is 43.4 Å². The minimum absolute atomic E-state index is 0.0636. The molecule has 2 aromatic carbocycles. The van der Waals surface area contributed by atoms with Gasteiger partial charge in [0.15, 0.2) is 11.5 Å². The summed E-state index contributed by atoms with van der Waals surface area (Å²) in [5.74, 6) is -0.687. The highest BCUT2D eigenvalue weighted by Gasteiger charge is 2.31. The maximum absolute atomic E-state index is 15.1. The van der Waals surface area contributed by atoms with Gasteiger partial charge in [-0.1, -0.05) is 25.0 Å².